The molecule has 0 radical (unpaired) electrons. The third-order valence-corrected chi connectivity index (χ3v) is 3.30. The second kappa shape index (κ2) is 5.19. The summed E-state index contributed by atoms with van der Waals surface area (Å²) in [6.07, 6.45) is 2.45. The van der Waals surface area contributed by atoms with Crippen molar-refractivity contribution in [3.05, 3.63) is 29.3 Å². The summed E-state index contributed by atoms with van der Waals surface area (Å²) in [5, 5.41) is 6.81. The quantitative estimate of drug-likeness (QED) is 0.733. The number of nitrogens with one attached hydrogen (secondary N) is 2. The Morgan fingerprint density at radius 3 is 3.06 bits per heavy atom. The van der Waals surface area contributed by atoms with Crippen molar-refractivity contribution < 1.29 is 4.79 Å². The Labute approximate surface area is 102 Å². The standard InChI is InChI=1S/C13H19N3O/c1-9-11(13(14)17)5-2-6-12(9)16-8-10-4-3-7-15-10/h2,5-6,10,15-16H,3-4,7-8H2,1H3,(H2,14,17). The number of rotatable bonds is 4. The van der Waals surface area contributed by atoms with Gasteiger partial charge in [0.1, 0.15) is 0 Å². The first-order chi connectivity index (χ1) is 8.18. The lowest BCUT2D eigenvalue weighted by Gasteiger charge is -2.15. The van der Waals surface area contributed by atoms with Crippen LogP contribution in [0.15, 0.2) is 18.2 Å². The van der Waals surface area contributed by atoms with Crippen LogP contribution >= 0.6 is 0 Å². The van der Waals surface area contributed by atoms with Gasteiger partial charge in [0.05, 0.1) is 0 Å². The fourth-order valence-corrected chi connectivity index (χ4v) is 2.26. The normalized spacial score (nSPS) is 19.2. The van der Waals surface area contributed by atoms with E-state index in [1.165, 1.54) is 12.8 Å². The third-order valence-electron chi connectivity index (χ3n) is 3.30. The van der Waals surface area contributed by atoms with Crippen molar-refractivity contribution in [2.24, 2.45) is 5.73 Å². The highest BCUT2D eigenvalue weighted by molar-refractivity contribution is 5.95. The van der Waals surface area contributed by atoms with Crippen LogP contribution in [-0.4, -0.2) is 25.0 Å². The van der Waals surface area contributed by atoms with Gasteiger partial charge in [0, 0.05) is 23.8 Å². The van der Waals surface area contributed by atoms with Crippen LogP contribution in [0.25, 0.3) is 0 Å². The SMILES string of the molecule is Cc1c(NCC2CCCN2)cccc1C(N)=O. The number of amides is 1. The highest BCUT2D eigenvalue weighted by Gasteiger charge is 2.14. The van der Waals surface area contributed by atoms with Crippen molar-refractivity contribution >= 4 is 11.6 Å². The molecule has 2 rings (SSSR count). The second-order valence-corrected chi connectivity index (χ2v) is 4.52. The molecule has 1 fully saturated rings. The number of benzene rings is 1. The molecule has 4 N–H and O–H groups in total. The maximum absolute atomic E-state index is 11.2. The summed E-state index contributed by atoms with van der Waals surface area (Å²) in [5.41, 5.74) is 7.84. The first-order valence-corrected chi connectivity index (χ1v) is 6.05. The molecule has 0 saturated carbocycles. The average Bonchev–Trinajstić information content (AvgIpc) is 2.80. The van der Waals surface area contributed by atoms with Gasteiger partial charge in [-0.05, 0) is 44.0 Å². The summed E-state index contributed by atoms with van der Waals surface area (Å²) < 4.78 is 0. The molecular weight excluding hydrogens is 214 g/mol. The topological polar surface area (TPSA) is 67.2 Å². The molecule has 1 heterocycles. The lowest BCUT2D eigenvalue weighted by atomic mass is 10.1. The van der Waals surface area contributed by atoms with Crippen LogP contribution in [0, 0.1) is 6.92 Å². The predicted octanol–water partition coefficient (Wildman–Crippen LogP) is 1.26. The summed E-state index contributed by atoms with van der Waals surface area (Å²) in [6, 6.07) is 6.14. The van der Waals surface area contributed by atoms with E-state index in [0.717, 1.165) is 24.3 Å². The van der Waals surface area contributed by atoms with E-state index in [1.807, 2.05) is 19.1 Å². The van der Waals surface area contributed by atoms with E-state index in [2.05, 4.69) is 10.6 Å². The number of carbonyl (C=O) groups excluding carboxylic acids is 1. The van der Waals surface area contributed by atoms with Crippen molar-refractivity contribution in [3.8, 4) is 0 Å². The highest BCUT2D eigenvalue weighted by atomic mass is 16.1. The van der Waals surface area contributed by atoms with Gasteiger partial charge in [0.15, 0.2) is 0 Å². The molecule has 4 heteroatoms. The molecule has 0 aliphatic carbocycles. The first kappa shape index (κ1) is 11.9. The minimum Gasteiger partial charge on any atom is -0.383 e. The maximum atomic E-state index is 11.2. The molecule has 1 atom stereocenters. The van der Waals surface area contributed by atoms with E-state index in [0.29, 0.717) is 11.6 Å². The summed E-state index contributed by atoms with van der Waals surface area (Å²) in [6.45, 7) is 3.92. The Kier molecular flexibility index (Phi) is 3.64. The Morgan fingerprint density at radius 1 is 1.59 bits per heavy atom. The molecule has 4 nitrogen and oxygen atoms in total. The molecule has 1 unspecified atom stereocenters. The predicted molar refractivity (Wildman–Crippen MR) is 69.2 cm³/mol. The minimum atomic E-state index is -0.370. The molecule has 1 aliphatic heterocycles. The molecule has 0 aromatic heterocycles. The number of hydrogen-bond acceptors (Lipinski definition) is 3. The number of nitrogens with two attached hydrogens (primary N) is 1. The van der Waals surface area contributed by atoms with Crippen LogP contribution in [0.3, 0.4) is 0 Å². The number of primary amides is 1. The van der Waals surface area contributed by atoms with E-state index in [9.17, 15) is 4.79 Å². The molecular formula is C13H19N3O. The van der Waals surface area contributed by atoms with Gasteiger partial charge in [-0.1, -0.05) is 6.07 Å². The molecule has 1 saturated heterocycles. The maximum Gasteiger partial charge on any atom is 0.249 e. The summed E-state index contributed by atoms with van der Waals surface area (Å²) in [5.74, 6) is -0.370. The molecule has 1 aromatic rings. The summed E-state index contributed by atoms with van der Waals surface area (Å²) >= 11 is 0. The van der Waals surface area contributed by atoms with Gasteiger partial charge >= 0.3 is 0 Å². The monoisotopic (exact) mass is 233 g/mol. The number of carbonyl (C=O) groups is 1. The lowest BCUT2D eigenvalue weighted by molar-refractivity contribution is 0.1000. The third kappa shape index (κ3) is 2.77. The molecule has 0 bridgehead atoms. The van der Waals surface area contributed by atoms with E-state index < -0.39 is 0 Å². The van der Waals surface area contributed by atoms with Gasteiger partial charge < -0.3 is 16.4 Å². The summed E-state index contributed by atoms with van der Waals surface area (Å²) in [4.78, 5) is 11.2. The minimum absolute atomic E-state index is 0.370. The lowest BCUT2D eigenvalue weighted by Crippen LogP contribution is -2.29. The average molecular weight is 233 g/mol. The zero-order valence-electron chi connectivity index (χ0n) is 10.1. The van der Waals surface area contributed by atoms with Gasteiger partial charge in [-0.25, -0.2) is 0 Å². The van der Waals surface area contributed by atoms with Gasteiger partial charge in [0.25, 0.3) is 0 Å². The first-order valence-electron chi connectivity index (χ1n) is 6.05. The van der Waals surface area contributed by atoms with Crippen LogP contribution in [0.5, 0.6) is 0 Å². The van der Waals surface area contributed by atoms with Crippen LogP contribution < -0.4 is 16.4 Å². The Hall–Kier alpha value is -1.55. The van der Waals surface area contributed by atoms with Gasteiger partial charge in [-0.3, -0.25) is 4.79 Å². The number of hydrogen-bond donors (Lipinski definition) is 3. The molecule has 17 heavy (non-hydrogen) atoms. The second-order valence-electron chi connectivity index (χ2n) is 4.52. The van der Waals surface area contributed by atoms with Crippen LogP contribution in [-0.2, 0) is 0 Å². The largest absolute Gasteiger partial charge is 0.383 e. The fraction of sp³-hybridized carbons (Fsp3) is 0.462. The molecule has 92 valence electrons. The zero-order valence-corrected chi connectivity index (χ0v) is 10.1. The number of anilines is 1. The van der Waals surface area contributed by atoms with Crippen LogP contribution in [0.2, 0.25) is 0 Å². The van der Waals surface area contributed by atoms with E-state index >= 15 is 0 Å². The smallest absolute Gasteiger partial charge is 0.249 e. The van der Waals surface area contributed by atoms with E-state index in [1.54, 1.807) is 6.07 Å². The zero-order chi connectivity index (χ0) is 12.3. The molecule has 1 amide bonds. The highest BCUT2D eigenvalue weighted by Crippen LogP contribution is 2.19. The van der Waals surface area contributed by atoms with Crippen molar-refractivity contribution in [3.63, 3.8) is 0 Å². The molecule has 0 spiro atoms. The molecule has 1 aromatic carbocycles. The van der Waals surface area contributed by atoms with Crippen molar-refractivity contribution in [1.82, 2.24) is 5.32 Å². The Balaban J connectivity index is 2.04. The van der Waals surface area contributed by atoms with Crippen molar-refractivity contribution in [1.29, 1.82) is 0 Å². The van der Waals surface area contributed by atoms with E-state index in [-0.39, 0.29) is 5.91 Å². The van der Waals surface area contributed by atoms with Gasteiger partial charge in [0.2, 0.25) is 5.91 Å². The fourth-order valence-electron chi connectivity index (χ4n) is 2.26. The van der Waals surface area contributed by atoms with E-state index in [4.69, 9.17) is 5.73 Å². The van der Waals surface area contributed by atoms with Crippen molar-refractivity contribution in [2.45, 2.75) is 25.8 Å². The van der Waals surface area contributed by atoms with Gasteiger partial charge in [-0.2, -0.15) is 0 Å². The summed E-state index contributed by atoms with van der Waals surface area (Å²) in [7, 11) is 0. The Morgan fingerprint density at radius 2 is 2.41 bits per heavy atom. The van der Waals surface area contributed by atoms with Crippen LogP contribution in [0.1, 0.15) is 28.8 Å². The van der Waals surface area contributed by atoms with Gasteiger partial charge in [-0.15, -0.1) is 0 Å². The van der Waals surface area contributed by atoms with Crippen LogP contribution in [0.4, 0.5) is 5.69 Å². The Bertz CT molecular complexity index is 411. The van der Waals surface area contributed by atoms with Crippen molar-refractivity contribution in [2.75, 3.05) is 18.4 Å². The molecule has 1 aliphatic rings.